The third kappa shape index (κ3) is 6.14. The molecule has 0 saturated carbocycles. The van der Waals surface area contributed by atoms with Gasteiger partial charge in [0, 0.05) is 17.3 Å². The molecule has 0 aliphatic heterocycles. The van der Waals surface area contributed by atoms with Crippen LogP contribution in [0.3, 0.4) is 0 Å². The van der Waals surface area contributed by atoms with Crippen molar-refractivity contribution in [2.24, 2.45) is 0 Å². The Morgan fingerprint density at radius 3 is 2.31 bits per heavy atom. The highest BCUT2D eigenvalue weighted by Crippen LogP contribution is 2.05. The quantitative estimate of drug-likeness (QED) is 0.533. The standard InChI is InChI=1S/C11H19NO/c1-6-7-10(9(2)13)8-12-11(3,4)5/h6,8,12H,1,7H2,2-5H3. The van der Waals surface area contributed by atoms with Gasteiger partial charge in [-0.15, -0.1) is 6.58 Å². The van der Waals surface area contributed by atoms with Gasteiger partial charge in [0.1, 0.15) is 0 Å². The first-order valence-electron chi connectivity index (χ1n) is 4.45. The average Bonchev–Trinajstić information content (AvgIpc) is 1.95. The van der Waals surface area contributed by atoms with Crippen molar-refractivity contribution in [1.29, 1.82) is 0 Å². The monoisotopic (exact) mass is 181 g/mol. The van der Waals surface area contributed by atoms with E-state index in [-0.39, 0.29) is 11.3 Å². The zero-order valence-electron chi connectivity index (χ0n) is 8.98. The maximum absolute atomic E-state index is 11.1. The molecule has 0 fully saturated rings. The Labute approximate surface area is 80.7 Å². The minimum absolute atomic E-state index is 0.00186. The predicted octanol–water partition coefficient (Wildman–Crippen LogP) is 2.42. The maximum atomic E-state index is 11.1. The number of allylic oxidation sites excluding steroid dienone is 2. The molecule has 0 aromatic heterocycles. The Morgan fingerprint density at radius 1 is 1.46 bits per heavy atom. The van der Waals surface area contributed by atoms with Crippen molar-refractivity contribution >= 4 is 5.78 Å². The Hall–Kier alpha value is -1.05. The van der Waals surface area contributed by atoms with Crippen molar-refractivity contribution in [1.82, 2.24) is 5.32 Å². The molecule has 0 aliphatic carbocycles. The summed E-state index contributed by atoms with van der Waals surface area (Å²) in [4.78, 5) is 11.1. The minimum atomic E-state index is 0.00186. The molecule has 0 aromatic rings. The van der Waals surface area contributed by atoms with Crippen molar-refractivity contribution in [3.8, 4) is 0 Å². The number of hydrogen-bond donors (Lipinski definition) is 1. The summed E-state index contributed by atoms with van der Waals surface area (Å²) in [6, 6.07) is 0. The summed E-state index contributed by atoms with van der Waals surface area (Å²) >= 11 is 0. The van der Waals surface area contributed by atoms with Crippen LogP contribution in [0.2, 0.25) is 0 Å². The third-order valence-electron chi connectivity index (χ3n) is 1.50. The number of rotatable bonds is 4. The van der Waals surface area contributed by atoms with Crippen LogP contribution in [0.4, 0.5) is 0 Å². The predicted molar refractivity (Wildman–Crippen MR) is 56.5 cm³/mol. The van der Waals surface area contributed by atoms with Crippen LogP contribution in [0.15, 0.2) is 24.4 Å². The molecule has 0 spiro atoms. The molecule has 2 heteroatoms. The molecule has 0 aliphatic rings. The van der Waals surface area contributed by atoms with Crippen LogP contribution in [0.25, 0.3) is 0 Å². The summed E-state index contributed by atoms with van der Waals surface area (Å²) in [6.07, 6.45) is 4.14. The maximum Gasteiger partial charge on any atom is 0.157 e. The summed E-state index contributed by atoms with van der Waals surface area (Å²) < 4.78 is 0. The highest BCUT2D eigenvalue weighted by atomic mass is 16.1. The fourth-order valence-corrected chi connectivity index (χ4v) is 0.763. The van der Waals surface area contributed by atoms with Gasteiger partial charge >= 0.3 is 0 Å². The number of Topliss-reactive ketones (excluding diaryl/α,β-unsaturated/α-hetero) is 1. The molecule has 0 atom stereocenters. The summed E-state index contributed by atoms with van der Waals surface area (Å²) in [7, 11) is 0. The van der Waals surface area contributed by atoms with Gasteiger partial charge in [-0.25, -0.2) is 0 Å². The number of carbonyl (C=O) groups is 1. The highest BCUT2D eigenvalue weighted by Gasteiger charge is 2.07. The van der Waals surface area contributed by atoms with Crippen LogP contribution in [-0.4, -0.2) is 11.3 Å². The molecule has 1 N–H and O–H groups in total. The molecule has 74 valence electrons. The molecule has 0 heterocycles. The van der Waals surface area contributed by atoms with Gasteiger partial charge in [0.25, 0.3) is 0 Å². The van der Waals surface area contributed by atoms with E-state index >= 15 is 0 Å². The van der Waals surface area contributed by atoms with Gasteiger partial charge < -0.3 is 5.32 Å². The first-order valence-corrected chi connectivity index (χ1v) is 4.45. The lowest BCUT2D eigenvalue weighted by molar-refractivity contribution is -0.113. The Morgan fingerprint density at radius 2 is 2.00 bits per heavy atom. The van der Waals surface area contributed by atoms with Crippen molar-refractivity contribution < 1.29 is 4.79 Å². The molecule has 0 radical (unpaired) electrons. The molecule has 0 aromatic carbocycles. The molecule has 0 amide bonds. The second-order valence-electron chi connectivity index (χ2n) is 4.11. The Bertz CT molecular complexity index is 221. The highest BCUT2D eigenvalue weighted by molar-refractivity contribution is 5.93. The summed E-state index contributed by atoms with van der Waals surface area (Å²) in [5.74, 6) is 0.0941. The Kier molecular flexibility index (Phi) is 4.46. The van der Waals surface area contributed by atoms with Crippen LogP contribution < -0.4 is 5.32 Å². The fourth-order valence-electron chi connectivity index (χ4n) is 0.763. The van der Waals surface area contributed by atoms with E-state index in [0.717, 1.165) is 5.57 Å². The van der Waals surface area contributed by atoms with Crippen molar-refractivity contribution in [2.45, 2.75) is 39.7 Å². The number of nitrogens with one attached hydrogen (secondary N) is 1. The van der Waals surface area contributed by atoms with E-state index in [9.17, 15) is 4.79 Å². The Balaban J connectivity index is 4.37. The van der Waals surface area contributed by atoms with Crippen LogP contribution in [0, 0.1) is 0 Å². The second-order valence-corrected chi connectivity index (χ2v) is 4.11. The lowest BCUT2D eigenvalue weighted by atomic mass is 10.1. The minimum Gasteiger partial charge on any atom is -0.386 e. The molecule has 0 bridgehead atoms. The van der Waals surface area contributed by atoms with Crippen LogP contribution in [-0.2, 0) is 4.79 Å². The largest absolute Gasteiger partial charge is 0.386 e. The lowest BCUT2D eigenvalue weighted by Gasteiger charge is -2.19. The van der Waals surface area contributed by atoms with Crippen molar-refractivity contribution in [2.75, 3.05) is 0 Å². The molecular formula is C11H19NO. The van der Waals surface area contributed by atoms with Gasteiger partial charge in [-0.1, -0.05) is 6.08 Å². The van der Waals surface area contributed by atoms with Gasteiger partial charge in [-0.2, -0.15) is 0 Å². The molecular weight excluding hydrogens is 162 g/mol. The molecule has 2 nitrogen and oxygen atoms in total. The van der Waals surface area contributed by atoms with E-state index in [1.54, 1.807) is 19.2 Å². The van der Waals surface area contributed by atoms with Crippen LogP contribution in [0.5, 0.6) is 0 Å². The SMILES string of the molecule is C=CCC(=CNC(C)(C)C)C(C)=O. The van der Waals surface area contributed by atoms with Gasteiger partial charge in [0.05, 0.1) is 0 Å². The van der Waals surface area contributed by atoms with Gasteiger partial charge in [0.2, 0.25) is 0 Å². The van der Waals surface area contributed by atoms with Gasteiger partial charge in [0.15, 0.2) is 5.78 Å². The summed E-state index contributed by atoms with van der Waals surface area (Å²) in [5.41, 5.74) is 0.770. The molecule has 0 unspecified atom stereocenters. The molecule has 13 heavy (non-hydrogen) atoms. The normalized spacial score (nSPS) is 12.5. The lowest BCUT2D eigenvalue weighted by Crippen LogP contribution is -2.31. The first-order chi connectivity index (χ1) is 5.87. The number of ketones is 1. The smallest absolute Gasteiger partial charge is 0.157 e. The topological polar surface area (TPSA) is 29.1 Å². The van der Waals surface area contributed by atoms with Crippen LogP contribution in [0.1, 0.15) is 34.1 Å². The van der Waals surface area contributed by atoms with E-state index in [0.29, 0.717) is 6.42 Å². The summed E-state index contributed by atoms with van der Waals surface area (Å²) in [6.45, 7) is 11.3. The zero-order chi connectivity index (χ0) is 10.5. The second kappa shape index (κ2) is 4.85. The number of carbonyl (C=O) groups excluding carboxylic acids is 1. The van der Waals surface area contributed by atoms with Crippen molar-refractivity contribution in [3.05, 3.63) is 24.4 Å². The average molecular weight is 181 g/mol. The van der Waals surface area contributed by atoms with Gasteiger partial charge in [-0.3, -0.25) is 4.79 Å². The van der Waals surface area contributed by atoms with Crippen LogP contribution >= 0.6 is 0 Å². The van der Waals surface area contributed by atoms with Gasteiger partial charge in [-0.05, 0) is 34.1 Å². The zero-order valence-corrected chi connectivity index (χ0v) is 8.98. The van der Waals surface area contributed by atoms with Crippen molar-refractivity contribution in [3.63, 3.8) is 0 Å². The fraction of sp³-hybridized carbons (Fsp3) is 0.545. The summed E-state index contributed by atoms with van der Waals surface area (Å²) in [5, 5.41) is 3.16. The van der Waals surface area contributed by atoms with E-state index in [2.05, 4.69) is 32.7 Å². The molecule has 0 saturated heterocycles. The van der Waals surface area contributed by atoms with E-state index < -0.39 is 0 Å². The molecule has 0 rings (SSSR count). The first kappa shape index (κ1) is 11.9. The van der Waals surface area contributed by atoms with E-state index in [1.165, 1.54) is 0 Å². The van der Waals surface area contributed by atoms with E-state index in [4.69, 9.17) is 0 Å². The number of hydrogen-bond acceptors (Lipinski definition) is 2. The van der Waals surface area contributed by atoms with E-state index in [1.807, 2.05) is 0 Å². The third-order valence-corrected chi connectivity index (χ3v) is 1.50.